The number of carbonyl (C=O) groups excluding carboxylic acids is 2. The van der Waals surface area contributed by atoms with E-state index < -0.39 is 11.6 Å². The van der Waals surface area contributed by atoms with E-state index in [2.05, 4.69) is 35.2 Å². The molecule has 0 spiro atoms. The van der Waals surface area contributed by atoms with Crippen molar-refractivity contribution in [1.29, 1.82) is 0 Å². The molecule has 6 rings (SSSR count). The molecule has 5 heterocycles. The number of ether oxygens (including phenoxy) is 2. The van der Waals surface area contributed by atoms with Gasteiger partial charge in [-0.1, -0.05) is 23.7 Å². The van der Waals surface area contributed by atoms with E-state index in [0.29, 0.717) is 31.2 Å². The summed E-state index contributed by atoms with van der Waals surface area (Å²) in [6, 6.07) is 13.1. The number of rotatable bonds is 7. The Morgan fingerprint density at radius 3 is 2.60 bits per heavy atom. The van der Waals surface area contributed by atoms with E-state index in [9.17, 15) is 14.4 Å². The number of anilines is 1. The molecular weight excluding hydrogens is 664 g/mol. The van der Waals surface area contributed by atoms with Gasteiger partial charge in [0.1, 0.15) is 5.60 Å². The number of hydrogen-bond acceptors (Lipinski definition) is 11. The van der Waals surface area contributed by atoms with E-state index in [4.69, 9.17) is 26.4 Å². The van der Waals surface area contributed by atoms with Crippen LogP contribution in [0.3, 0.4) is 0 Å². The van der Waals surface area contributed by atoms with E-state index in [1.807, 2.05) is 69.4 Å². The Kier molecular flexibility index (Phi) is 11.9. The summed E-state index contributed by atoms with van der Waals surface area (Å²) >= 11 is 6.16. The molecule has 2 saturated heterocycles. The number of carboxylic acids is 1. The number of nitrogens with zero attached hydrogens (tertiary/aromatic N) is 5. The molecule has 0 saturated carbocycles. The van der Waals surface area contributed by atoms with E-state index >= 15 is 0 Å². The van der Waals surface area contributed by atoms with Crippen molar-refractivity contribution >= 4 is 46.4 Å². The molecule has 2 aliphatic rings. The van der Waals surface area contributed by atoms with Gasteiger partial charge in [-0.15, -0.1) is 0 Å². The number of piperazine rings is 2. The number of aromatic nitrogens is 4. The Morgan fingerprint density at radius 1 is 1.04 bits per heavy atom. The molecule has 1 amide bonds. The van der Waals surface area contributed by atoms with Crippen LogP contribution in [0, 0.1) is 0 Å². The van der Waals surface area contributed by atoms with E-state index in [1.165, 1.54) is 7.11 Å². The van der Waals surface area contributed by atoms with Gasteiger partial charge in [0.05, 0.1) is 72.3 Å². The van der Waals surface area contributed by atoms with Crippen LogP contribution >= 0.6 is 11.6 Å². The highest BCUT2D eigenvalue weighted by Crippen LogP contribution is 2.31. The molecule has 0 radical (unpaired) electrons. The van der Waals surface area contributed by atoms with Gasteiger partial charge in [-0.3, -0.25) is 14.6 Å². The number of carboxylic acid groups (broad SMARTS) is 1. The maximum Gasteiger partial charge on any atom is 0.410 e. The first kappa shape index (κ1) is 36.5. The molecule has 2 unspecified atom stereocenters. The third-order valence-corrected chi connectivity index (χ3v) is 8.40. The fourth-order valence-corrected chi connectivity index (χ4v) is 6.03. The summed E-state index contributed by atoms with van der Waals surface area (Å²) in [4.78, 5) is 55.2. The lowest BCUT2D eigenvalue weighted by atomic mass is 10.1. The monoisotopic (exact) mass is 706 g/mol. The smallest absolute Gasteiger partial charge is 0.410 e. The van der Waals surface area contributed by atoms with Crippen LogP contribution in [0.1, 0.15) is 33.6 Å². The third-order valence-electron chi connectivity index (χ3n) is 8.17. The van der Waals surface area contributed by atoms with E-state index in [1.54, 1.807) is 11.2 Å². The summed E-state index contributed by atoms with van der Waals surface area (Å²) in [6.07, 6.45) is 3.36. The highest BCUT2D eigenvalue weighted by Gasteiger charge is 2.32. The number of fused-ring (bicyclic) bond motifs is 1. The van der Waals surface area contributed by atoms with E-state index in [-0.39, 0.29) is 37.0 Å². The Morgan fingerprint density at radius 2 is 1.86 bits per heavy atom. The quantitative estimate of drug-likeness (QED) is 0.200. The second-order valence-electron chi connectivity index (χ2n) is 13.1. The predicted octanol–water partition coefficient (Wildman–Crippen LogP) is 4.35. The van der Waals surface area contributed by atoms with Gasteiger partial charge < -0.3 is 40.0 Å². The van der Waals surface area contributed by atoms with Crippen LogP contribution in [0.15, 0.2) is 55.0 Å². The number of imidazole rings is 1. The number of amides is 1. The van der Waals surface area contributed by atoms with Crippen molar-refractivity contribution in [2.75, 3.05) is 51.3 Å². The average Bonchev–Trinajstić information content (AvgIpc) is 3.58. The molecule has 266 valence electrons. The molecule has 4 aromatic rings. The van der Waals surface area contributed by atoms with Crippen LogP contribution in [-0.2, 0) is 19.1 Å². The Balaban J connectivity index is 0.000000231. The van der Waals surface area contributed by atoms with Crippen molar-refractivity contribution in [2.45, 2.75) is 51.3 Å². The number of halogens is 1. The van der Waals surface area contributed by atoms with Gasteiger partial charge in [0.15, 0.2) is 0 Å². The zero-order valence-electron chi connectivity index (χ0n) is 28.6. The van der Waals surface area contributed by atoms with Crippen LogP contribution < -0.4 is 15.5 Å². The van der Waals surface area contributed by atoms with Gasteiger partial charge in [0, 0.05) is 55.9 Å². The molecule has 50 heavy (non-hydrogen) atoms. The Hall–Kier alpha value is -4.79. The fourth-order valence-electron chi connectivity index (χ4n) is 5.84. The highest BCUT2D eigenvalue weighted by molar-refractivity contribution is 6.30. The number of methoxy groups -OCH3 is 1. The molecule has 3 aromatic heterocycles. The molecule has 2 fully saturated rings. The number of esters is 1. The van der Waals surface area contributed by atoms with Crippen molar-refractivity contribution in [3.05, 3.63) is 60.0 Å². The summed E-state index contributed by atoms with van der Waals surface area (Å²) in [7, 11) is 1.34. The third kappa shape index (κ3) is 9.67. The fraction of sp³-hybridized carbons (Fsp3) is 0.429. The van der Waals surface area contributed by atoms with Crippen molar-refractivity contribution in [2.24, 2.45) is 0 Å². The molecule has 4 N–H and O–H groups in total. The summed E-state index contributed by atoms with van der Waals surface area (Å²) < 4.78 is 9.97. The molecular formula is C35H43ClN8O6. The van der Waals surface area contributed by atoms with Crippen LogP contribution in [0.25, 0.3) is 33.7 Å². The number of nitrogens with one attached hydrogen (secondary N) is 3. The summed E-state index contributed by atoms with van der Waals surface area (Å²) in [5, 5.41) is 16.2. The summed E-state index contributed by atoms with van der Waals surface area (Å²) in [5.74, 6) is -1.13. The molecule has 14 nitrogen and oxygen atoms in total. The summed E-state index contributed by atoms with van der Waals surface area (Å²) in [5.41, 5.74) is 5.21. The van der Waals surface area contributed by atoms with Crippen LogP contribution in [-0.4, -0.2) is 112 Å². The lowest BCUT2D eigenvalue weighted by molar-refractivity contribution is -0.142. The van der Waals surface area contributed by atoms with Gasteiger partial charge >= 0.3 is 18.0 Å². The normalized spacial score (nSPS) is 17.9. The van der Waals surface area contributed by atoms with Gasteiger partial charge in [0.25, 0.3) is 0 Å². The number of aromatic amines is 1. The van der Waals surface area contributed by atoms with Crippen LogP contribution in [0.2, 0.25) is 5.02 Å². The maximum atomic E-state index is 12.0. The minimum atomic E-state index is -0.803. The topological polar surface area (TPSA) is 175 Å². The minimum Gasteiger partial charge on any atom is -0.481 e. The molecule has 2 aliphatic heterocycles. The van der Waals surface area contributed by atoms with Crippen molar-refractivity contribution in [1.82, 2.24) is 35.5 Å². The second kappa shape index (κ2) is 16.3. The number of H-pyrrole nitrogens is 1. The lowest BCUT2D eigenvalue weighted by Gasteiger charge is -2.36. The van der Waals surface area contributed by atoms with Gasteiger partial charge in [-0.05, 0) is 51.1 Å². The Labute approximate surface area is 295 Å². The van der Waals surface area contributed by atoms with Gasteiger partial charge in [0.2, 0.25) is 0 Å². The predicted molar refractivity (Wildman–Crippen MR) is 190 cm³/mol. The number of aliphatic carboxylic acids is 1. The molecule has 0 bridgehead atoms. The first-order valence-electron chi connectivity index (χ1n) is 16.4. The lowest BCUT2D eigenvalue weighted by Crippen LogP contribution is -2.55. The second-order valence-corrected chi connectivity index (χ2v) is 13.5. The van der Waals surface area contributed by atoms with Crippen LogP contribution in [0.5, 0.6) is 0 Å². The molecule has 15 heteroatoms. The standard InChI is InChI=1S/C23H21ClN6O2.C12H22N2O4/c24-15-3-1-2-14(8-15)22-23(28-13-27-22)19-5-4-18-20(29-19)10-17(11-26-18)30-7-6-25-16(12-30)9-21(31)32;1-12(2,3)18-11(16)14-6-5-13-8-9(14)7-10(15)17-4/h1-5,8,10-11,13,16,25H,6-7,9,12H2,(H,27,28)(H,31,32);9,13H,5-8H2,1-4H3. The molecule has 2 atom stereocenters. The number of benzene rings is 1. The zero-order valence-corrected chi connectivity index (χ0v) is 29.4. The van der Waals surface area contributed by atoms with Crippen molar-refractivity contribution in [3.8, 4) is 22.6 Å². The number of carbonyl (C=O) groups is 3. The van der Waals surface area contributed by atoms with Crippen LogP contribution in [0.4, 0.5) is 10.5 Å². The van der Waals surface area contributed by atoms with Crippen molar-refractivity contribution < 1.29 is 29.0 Å². The summed E-state index contributed by atoms with van der Waals surface area (Å²) in [6.45, 7) is 9.40. The number of hydrogen-bond donors (Lipinski definition) is 4. The molecule has 1 aromatic carbocycles. The molecule has 0 aliphatic carbocycles. The first-order valence-corrected chi connectivity index (χ1v) is 16.8. The van der Waals surface area contributed by atoms with Crippen molar-refractivity contribution in [3.63, 3.8) is 0 Å². The van der Waals surface area contributed by atoms with Gasteiger partial charge in [-0.25, -0.2) is 14.8 Å². The largest absolute Gasteiger partial charge is 0.481 e. The van der Waals surface area contributed by atoms with E-state index in [0.717, 1.165) is 52.5 Å². The maximum absolute atomic E-state index is 12.0. The number of pyridine rings is 2. The first-order chi connectivity index (χ1) is 23.9. The van der Waals surface area contributed by atoms with Gasteiger partial charge in [-0.2, -0.15) is 0 Å². The minimum absolute atomic E-state index is 0.0893. The Bertz CT molecular complexity index is 1810. The highest BCUT2D eigenvalue weighted by atomic mass is 35.5. The average molecular weight is 707 g/mol. The SMILES string of the molecule is COC(=O)CC1CNCCN1C(=O)OC(C)(C)C.O=C(O)CC1CN(c2cnc3ccc(-c4[nH]cnc4-c4cccc(Cl)c4)nc3c2)CCN1. The zero-order chi connectivity index (χ0) is 35.8.